The van der Waals surface area contributed by atoms with Crippen LogP contribution >= 0.6 is 0 Å². The fourth-order valence-electron chi connectivity index (χ4n) is 2.54. The maximum atomic E-state index is 11.8. The Bertz CT molecular complexity index is 264. The Balaban J connectivity index is 1.72. The van der Waals surface area contributed by atoms with Crippen LogP contribution in [0.5, 0.6) is 0 Å². The molecule has 4 heteroatoms. The first-order valence-electron chi connectivity index (χ1n) is 6.34. The lowest BCUT2D eigenvalue weighted by Gasteiger charge is -2.17. The van der Waals surface area contributed by atoms with Crippen molar-refractivity contribution in [2.24, 2.45) is 5.41 Å². The van der Waals surface area contributed by atoms with Gasteiger partial charge in [0.15, 0.2) is 0 Å². The van der Waals surface area contributed by atoms with E-state index >= 15 is 0 Å². The van der Waals surface area contributed by atoms with E-state index in [1.54, 1.807) is 0 Å². The molecule has 0 bridgehead atoms. The lowest BCUT2D eigenvalue weighted by molar-refractivity contribution is -0.123. The number of β-amino-alcohol motifs (C(OH)–C–C–N with tert-alkyl or cyclic N) is 1. The van der Waals surface area contributed by atoms with Crippen molar-refractivity contribution in [1.29, 1.82) is 0 Å². The van der Waals surface area contributed by atoms with Crippen LogP contribution in [-0.2, 0) is 4.79 Å². The third-order valence-electron chi connectivity index (χ3n) is 3.80. The van der Waals surface area contributed by atoms with Crippen molar-refractivity contribution >= 4 is 5.91 Å². The molecule has 1 heterocycles. The summed E-state index contributed by atoms with van der Waals surface area (Å²) in [6.07, 6.45) is 5.10. The molecule has 1 saturated heterocycles. The number of carbonyl (C=O) groups excluding carboxylic acids is 1. The Kier molecular flexibility index (Phi) is 3.50. The highest BCUT2D eigenvalue weighted by atomic mass is 16.3. The van der Waals surface area contributed by atoms with Gasteiger partial charge in [0.1, 0.15) is 0 Å². The SMILES string of the molecule is CCCC1(CNC(=O)C2CC(O)CN2)CC1. The van der Waals surface area contributed by atoms with E-state index in [4.69, 9.17) is 0 Å². The van der Waals surface area contributed by atoms with Gasteiger partial charge in [0.05, 0.1) is 12.1 Å². The van der Waals surface area contributed by atoms with E-state index in [1.165, 1.54) is 25.7 Å². The zero-order chi connectivity index (χ0) is 11.6. The van der Waals surface area contributed by atoms with Gasteiger partial charge >= 0.3 is 0 Å². The molecule has 0 aromatic heterocycles. The summed E-state index contributed by atoms with van der Waals surface area (Å²) < 4.78 is 0. The Hall–Kier alpha value is -0.610. The quantitative estimate of drug-likeness (QED) is 0.636. The highest BCUT2D eigenvalue weighted by molar-refractivity contribution is 5.82. The Morgan fingerprint density at radius 2 is 2.31 bits per heavy atom. The van der Waals surface area contributed by atoms with E-state index in [0.29, 0.717) is 18.4 Å². The van der Waals surface area contributed by atoms with Crippen molar-refractivity contribution in [2.75, 3.05) is 13.1 Å². The first-order valence-corrected chi connectivity index (χ1v) is 6.34. The van der Waals surface area contributed by atoms with Gasteiger partial charge in [0, 0.05) is 13.1 Å². The lowest BCUT2D eigenvalue weighted by Crippen LogP contribution is -2.42. The van der Waals surface area contributed by atoms with Gasteiger partial charge in [-0.1, -0.05) is 13.3 Å². The molecule has 0 spiro atoms. The fraction of sp³-hybridized carbons (Fsp3) is 0.917. The summed E-state index contributed by atoms with van der Waals surface area (Å²) in [6.45, 7) is 3.54. The molecule has 3 N–H and O–H groups in total. The van der Waals surface area contributed by atoms with Gasteiger partial charge < -0.3 is 15.7 Å². The molecule has 1 aliphatic heterocycles. The number of hydrogen-bond donors (Lipinski definition) is 3. The predicted octanol–water partition coefficient (Wildman–Crippen LogP) is 0.406. The molecule has 2 rings (SSSR count). The second-order valence-electron chi connectivity index (χ2n) is 5.32. The Morgan fingerprint density at radius 1 is 1.56 bits per heavy atom. The zero-order valence-corrected chi connectivity index (χ0v) is 9.96. The molecule has 1 saturated carbocycles. The first kappa shape index (κ1) is 11.9. The van der Waals surface area contributed by atoms with Gasteiger partial charge in [-0.25, -0.2) is 0 Å². The predicted molar refractivity (Wildman–Crippen MR) is 62.0 cm³/mol. The molecule has 4 nitrogen and oxygen atoms in total. The van der Waals surface area contributed by atoms with Crippen LogP contribution in [0.4, 0.5) is 0 Å². The smallest absolute Gasteiger partial charge is 0.237 e. The molecule has 16 heavy (non-hydrogen) atoms. The van der Waals surface area contributed by atoms with Gasteiger partial charge in [-0.15, -0.1) is 0 Å². The lowest BCUT2D eigenvalue weighted by atomic mass is 10.0. The highest BCUT2D eigenvalue weighted by Gasteiger charge is 2.42. The number of hydrogen-bond acceptors (Lipinski definition) is 3. The summed E-state index contributed by atoms with van der Waals surface area (Å²) in [5.74, 6) is 0.0546. The maximum Gasteiger partial charge on any atom is 0.237 e. The molecule has 2 fully saturated rings. The molecular weight excluding hydrogens is 204 g/mol. The van der Waals surface area contributed by atoms with Gasteiger partial charge in [-0.3, -0.25) is 4.79 Å². The second kappa shape index (κ2) is 4.72. The van der Waals surface area contributed by atoms with Gasteiger partial charge in [0.2, 0.25) is 5.91 Å². The third kappa shape index (κ3) is 2.74. The van der Waals surface area contributed by atoms with Crippen LogP contribution in [0.25, 0.3) is 0 Å². The molecule has 92 valence electrons. The number of aliphatic hydroxyl groups excluding tert-OH is 1. The monoisotopic (exact) mass is 226 g/mol. The molecule has 0 aromatic rings. The topological polar surface area (TPSA) is 61.4 Å². The van der Waals surface area contributed by atoms with Crippen LogP contribution in [0.3, 0.4) is 0 Å². The molecule has 2 unspecified atom stereocenters. The summed E-state index contributed by atoms with van der Waals surface area (Å²) in [6, 6.07) is -0.188. The summed E-state index contributed by atoms with van der Waals surface area (Å²) in [7, 11) is 0. The number of rotatable bonds is 5. The van der Waals surface area contributed by atoms with E-state index < -0.39 is 0 Å². The molecular formula is C12H22N2O2. The summed E-state index contributed by atoms with van der Waals surface area (Å²) in [5.41, 5.74) is 0.404. The van der Waals surface area contributed by atoms with Crippen molar-refractivity contribution in [3.8, 4) is 0 Å². The molecule has 0 radical (unpaired) electrons. The van der Waals surface area contributed by atoms with Crippen LogP contribution in [0.2, 0.25) is 0 Å². The summed E-state index contributed by atoms with van der Waals surface area (Å²) in [5, 5.41) is 15.4. The average molecular weight is 226 g/mol. The first-order chi connectivity index (χ1) is 7.65. The number of carbonyl (C=O) groups is 1. The maximum absolute atomic E-state index is 11.8. The third-order valence-corrected chi connectivity index (χ3v) is 3.80. The molecule has 1 amide bonds. The van der Waals surface area contributed by atoms with E-state index in [0.717, 1.165) is 6.54 Å². The second-order valence-corrected chi connectivity index (χ2v) is 5.32. The van der Waals surface area contributed by atoms with Crippen molar-refractivity contribution in [3.63, 3.8) is 0 Å². The normalized spacial score (nSPS) is 31.4. The zero-order valence-electron chi connectivity index (χ0n) is 9.96. The molecule has 1 aliphatic carbocycles. The summed E-state index contributed by atoms with van der Waals surface area (Å²) >= 11 is 0. The minimum Gasteiger partial charge on any atom is -0.392 e. The minimum atomic E-state index is -0.360. The fourth-order valence-corrected chi connectivity index (χ4v) is 2.54. The van der Waals surface area contributed by atoms with E-state index in [1.807, 2.05) is 0 Å². The molecule has 0 aromatic carbocycles. The van der Waals surface area contributed by atoms with Crippen LogP contribution < -0.4 is 10.6 Å². The number of nitrogens with one attached hydrogen (secondary N) is 2. The standard InChI is InChI=1S/C12H22N2O2/c1-2-3-12(4-5-12)8-14-11(16)10-6-9(15)7-13-10/h9-10,13,15H,2-8H2,1H3,(H,14,16). The van der Waals surface area contributed by atoms with Crippen molar-refractivity contribution < 1.29 is 9.90 Å². The molecule has 2 atom stereocenters. The van der Waals surface area contributed by atoms with Crippen LogP contribution in [-0.4, -0.2) is 36.2 Å². The molecule has 2 aliphatic rings. The van der Waals surface area contributed by atoms with Gasteiger partial charge in [0.25, 0.3) is 0 Å². The van der Waals surface area contributed by atoms with Crippen LogP contribution in [0, 0.1) is 5.41 Å². The van der Waals surface area contributed by atoms with Crippen LogP contribution in [0.1, 0.15) is 39.0 Å². The van der Waals surface area contributed by atoms with Crippen LogP contribution in [0.15, 0.2) is 0 Å². The largest absolute Gasteiger partial charge is 0.392 e. The number of aliphatic hydroxyl groups is 1. The minimum absolute atomic E-state index is 0.0546. The summed E-state index contributed by atoms with van der Waals surface area (Å²) in [4.78, 5) is 11.8. The Labute approximate surface area is 96.8 Å². The average Bonchev–Trinajstić information content (AvgIpc) is 2.89. The highest BCUT2D eigenvalue weighted by Crippen LogP contribution is 2.48. The Morgan fingerprint density at radius 3 is 2.81 bits per heavy atom. The van der Waals surface area contributed by atoms with E-state index in [9.17, 15) is 9.90 Å². The van der Waals surface area contributed by atoms with Crippen molar-refractivity contribution in [3.05, 3.63) is 0 Å². The van der Waals surface area contributed by atoms with Gasteiger partial charge in [-0.05, 0) is 31.1 Å². The van der Waals surface area contributed by atoms with E-state index in [-0.39, 0.29) is 18.1 Å². The van der Waals surface area contributed by atoms with Gasteiger partial charge in [-0.2, -0.15) is 0 Å². The van der Waals surface area contributed by atoms with E-state index in [2.05, 4.69) is 17.6 Å². The van der Waals surface area contributed by atoms with Crippen molar-refractivity contribution in [2.45, 2.75) is 51.2 Å². The van der Waals surface area contributed by atoms with Crippen molar-refractivity contribution in [1.82, 2.24) is 10.6 Å². The number of amides is 1.